The highest BCUT2D eigenvalue weighted by Gasteiger charge is 2.01. The molecule has 0 saturated carbocycles. The summed E-state index contributed by atoms with van der Waals surface area (Å²) in [5.41, 5.74) is 0.442. The lowest BCUT2D eigenvalue weighted by molar-refractivity contribution is -0.138. The van der Waals surface area contributed by atoms with Gasteiger partial charge in [-0.15, -0.1) is 0 Å². The average molecular weight is 198 g/mol. The van der Waals surface area contributed by atoms with Crippen LogP contribution in [0.4, 0.5) is 4.39 Å². The van der Waals surface area contributed by atoms with Crippen LogP contribution in [0.15, 0.2) is 24.3 Å². The van der Waals surface area contributed by atoms with Gasteiger partial charge in [-0.25, -0.2) is 4.39 Å². The molecule has 0 aliphatic heterocycles. The van der Waals surface area contributed by atoms with Crippen molar-refractivity contribution in [1.29, 1.82) is 0 Å². The SMILES string of the molecule is O=C(O)CCOCc1ccccc1F. The quantitative estimate of drug-likeness (QED) is 0.734. The Balaban J connectivity index is 2.31. The van der Waals surface area contributed by atoms with E-state index in [1.807, 2.05) is 0 Å². The molecule has 0 bridgehead atoms. The molecule has 0 aliphatic carbocycles. The van der Waals surface area contributed by atoms with E-state index >= 15 is 0 Å². The minimum Gasteiger partial charge on any atom is -0.481 e. The molecule has 14 heavy (non-hydrogen) atoms. The highest BCUT2D eigenvalue weighted by molar-refractivity contribution is 5.66. The molecule has 0 heterocycles. The molecule has 1 aromatic carbocycles. The number of aliphatic carboxylic acids is 1. The standard InChI is InChI=1S/C10H11FO3/c11-9-4-2-1-3-8(9)7-14-6-5-10(12)13/h1-4H,5-7H2,(H,12,13). The second-order valence-electron chi connectivity index (χ2n) is 2.79. The molecule has 3 nitrogen and oxygen atoms in total. The molecule has 0 atom stereocenters. The van der Waals surface area contributed by atoms with E-state index in [0.717, 1.165) is 0 Å². The van der Waals surface area contributed by atoms with Crippen LogP contribution in [0.2, 0.25) is 0 Å². The molecule has 0 aliphatic rings. The van der Waals surface area contributed by atoms with Crippen LogP contribution < -0.4 is 0 Å². The molecule has 0 saturated heterocycles. The Morgan fingerprint density at radius 1 is 1.43 bits per heavy atom. The second kappa shape index (κ2) is 5.34. The molecule has 0 amide bonds. The number of halogens is 1. The van der Waals surface area contributed by atoms with Crippen LogP contribution in [-0.2, 0) is 16.1 Å². The van der Waals surface area contributed by atoms with E-state index < -0.39 is 5.97 Å². The van der Waals surface area contributed by atoms with E-state index in [1.54, 1.807) is 18.2 Å². The summed E-state index contributed by atoms with van der Waals surface area (Å²) in [6, 6.07) is 6.25. The summed E-state index contributed by atoms with van der Waals surface area (Å²) in [5.74, 6) is -1.25. The largest absolute Gasteiger partial charge is 0.481 e. The number of carbonyl (C=O) groups is 1. The van der Waals surface area contributed by atoms with Crippen molar-refractivity contribution >= 4 is 5.97 Å². The first-order valence-electron chi connectivity index (χ1n) is 4.23. The van der Waals surface area contributed by atoms with Gasteiger partial charge in [0.25, 0.3) is 0 Å². The van der Waals surface area contributed by atoms with Crippen LogP contribution >= 0.6 is 0 Å². The molecule has 1 aromatic rings. The first-order chi connectivity index (χ1) is 6.70. The molecule has 76 valence electrons. The molecule has 1 N–H and O–H groups in total. The summed E-state index contributed by atoms with van der Waals surface area (Å²) in [6.45, 7) is 0.212. The van der Waals surface area contributed by atoms with Crippen molar-refractivity contribution in [1.82, 2.24) is 0 Å². The molecule has 0 spiro atoms. The van der Waals surface area contributed by atoms with Crippen LogP contribution in [0, 0.1) is 5.82 Å². The second-order valence-corrected chi connectivity index (χ2v) is 2.79. The van der Waals surface area contributed by atoms with Gasteiger partial charge in [-0.1, -0.05) is 18.2 Å². The molecular formula is C10H11FO3. The van der Waals surface area contributed by atoms with Gasteiger partial charge in [-0.2, -0.15) is 0 Å². The zero-order valence-corrected chi connectivity index (χ0v) is 7.57. The van der Waals surface area contributed by atoms with E-state index in [-0.39, 0.29) is 25.5 Å². The molecule has 0 fully saturated rings. The first-order valence-corrected chi connectivity index (χ1v) is 4.23. The fourth-order valence-electron chi connectivity index (χ4n) is 0.957. The Labute approximate surface area is 81.1 Å². The topological polar surface area (TPSA) is 46.5 Å². The van der Waals surface area contributed by atoms with E-state index in [0.29, 0.717) is 5.56 Å². The van der Waals surface area contributed by atoms with Crippen LogP contribution in [0.5, 0.6) is 0 Å². The third kappa shape index (κ3) is 3.53. The minimum atomic E-state index is -0.918. The summed E-state index contributed by atoms with van der Waals surface area (Å²) in [6.07, 6.45) is -0.0611. The third-order valence-corrected chi connectivity index (χ3v) is 1.68. The zero-order chi connectivity index (χ0) is 10.4. The van der Waals surface area contributed by atoms with Crippen LogP contribution in [0.1, 0.15) is 12.0 Å². The molecule has 0 radical (unpaired) electrons. The van der Waals surface area contributed by atoms with Gasteiger partial charge in [0.1, 0.15) is 5.82 Å². The van der Waals surface area contributed by atoms with Crippen LogP contribution in [0.25, 0.3) is 0 Å². The molecule has 4 heteroatoms. The highest BCUT2D eigenvalue weighted by Crippen LogP contribution is 2.07. The lowest BCUT2D eigenvalue weighted by Crippen LogP contribution is -2.03. The maximum absolute atomic E-state index is 13.0. The van der Waals surface area contributed by atoms with Gasteiger partial charge >= 0.3 is 5.97 Å². The molecule has 0 aromatic heterocycles. The van der Waals surface area contributed by atoms with Gasteiger partial charge in [0.2, 0.25) is 0 Å². The normalized spacial score (nSPS) is 10.1. The maximum atomic E-state index is 13.0. The monoisotopic (exact) mass is 198 g/mol. The number of ether oxygens (including phenoxy) is 1. The van der Waals surface area contributed by atoms with E-state index in [2.05, 4.69) is 0 Å². The first kappa shape index (κ1) is 10.7. The number of rotatable bonds is 5. The molecule has 0 unspecified atom stereocenters. The van der Waals surface area contributed by atoms with Crippen molar-refractivity contribution < 1.29 is 19.0 Å². The lowest BCUT2D eigenvalue weighted by Gasteiger charge is -2.03. The minimum absolute atomic E-state index is 0.0611. The van der Waals surface area contributed by atoms with Gasteiger partial charge in [-0.05, 0) is 6.07 Å². The van der Waals surface area contributed by atoms with Crippen molar-refractivity contribution in [2.75, 3.05) is 6.61 Å². The van der Waals surface area contributed by atoms with E-state index in [4.69, 9.17) is 9.84 Å². The van der Waals surface area contributed by atoms with Gasteiger partial charge in [0.15, 0.2) is 0 Å². The summed E-state index contributed by atoms with van der Waals surface area (Å²) >= 11 is 0. The number of benzene rings is 1. The number of hydrogen-bond donors (Lipinski definition) is 1. The van der Waals surface area contributed by atoms with Gasteiger partial charge < -0.3 is 9.84 Å². The maximum Gasteiger partial charge on any atom is 0.305 e. The zero-order valence-electron chi connectivity index (χ0n) is 7.57. The van der Waals surface area contributed by atoms with E-state index in [9.17, 15) is 9.18 Å². The number of hydrogen-bond acceptors (Lipinski definition) is 2. The smallest absolute Gasteiger partial charge is 0.305 e. The van der Waals surface area contributed by atoms with Gasteiger partial charge in [0, 0.05) is 5.56 Å². The Kier molecular flexibility index (Phi) is 4.07. The summed E-state index contributed by atoms with van der Waals surface area (Å²) in [5, 5.41) is 8.31. The fraction of sp³-hybridized carbons (Fsp3) is 0.300. The predicted molar refractivity (Wildman–Crippen MR) is 48.3 cm³/mol. The van der Waals surface area contributed by atoms with Crippen LogP contribution in [-0.4, -0.2) is 17.7 Å². The highest BCUT2D eigenvalue weighted by atomic mass is 19.1. The summed E-state index contributed by atoms with van der Waals surface area (Å²) in [4.78, 5) is 10.1. The summed E-state index contributed by atoms with van der Waals surface area (Å²) in [7, 11) is 0. The fourth-order valence-corrected chi connectivity index (χ4v) is 0.957. The van der Waals surface area contributed by atoms with Crippen molar-refractivity contribution in [3.8, 4) is 0 Å². The lowest BCUT2D eigenvalue weighted by atomic mass is 10.2. The molecule has 1 rings (SSSR count). The Morgan fingerprint density at radius 3 is 2.79 bits per heavy atom. The number of carboxylic acid groups (broad SMARTS) is 1. The third-order valence-electron chi connectivity index (χ3n) is 1.68. The Hall–Kier alpha value is -1.42. The van der Waals surface area contributed by atoms with Crippen molar-refractivity contribution in [2.24, 2.45) is 0 Å². The Bertz CT molecular complexity index is 312. The van der Waals surface area contributed by atoms with Crippen molar-refractivity contribution in [3.63, 3.8) is 0 Å². The predicted octanol–water partition coefficient (Wildman–Crippen LogP) is 1.82. The molecular weight excluding hydrogens is 187 g/mol. The van der Waals surface area contributed by atoms with Crippen LogP contribution in [0.3, 0.4) is 0 Å². The Morgan fingerprint density at radius 2 is 2.14 bits per heavy atom. The van der Waals surface area contributed by atoms with Gasteiger partial charge in [-0.3, -0.25) is 4.79 Å². The van der Waals surface area contributed by atoms with Crippen molar-refractivity contribution in [3.05, 3.63) is 35.6 Å². The van der Waals surface area contributed by atoms with Crippen molar-refractivity contribution in [2.45, 2.75) is 13.0 Å². The van der Waals surface area contributed by atoms with Gasteiger partial charge in [0.05, 0.1) is 19.6 Å². The average Bonchev–Trinajstić information content (AvgIpc) is 2.15. The van der Waals surface area contributed by atoms with E-state index in [1.165, 1.54) is 6.07 Å². The number of carboxylic acids is 1. The summed E-state index contributed by atoms with van der Waals surface area (Å²) < 4.78 is 18.0.